The average Bonchev–Trinajstić information content (AvgIpc) is 3.21. The van der Waals surface area contributed by atoms with Gasteiger partial charge in [0.05, 0.1) is 6.20 Å². The zero-order chi connectivity index (χ0) is 15.8. The van der Waals surface area contributed by atoms with Gasteiger partial charge in [-0.15, -0.1) is 0 Å². The highest BCUT2D eigenvalue weighted by molar-refractivity contribution is 5.77. The summed E-state index contributed by atoms with van der Waals surface area (Å²) in [6.07, 6.45) is 5.69. The van der Waals surface area contributed by atoms with E-state index in [1.807, 2.05) is 33.8 Å². The summed E-state index contributed by atoms with van der Waals surface area (Å²) in [5.74, 6) is 0.750. The van der Waals surface area contributed by atoms with Crippen LogP contribution >= 0.6 is 0 Å². The summed E-state index contributed by atoms with van der Waals surface area (Å²) in [6.45, 7) is 5.05. The fourth-order valence-corrected chi connectivity index (χ4v) is 3.01. The minimum absolute atomic E-state index is 0.00995. The lowest BCUT2D eigenvalue weighted by Crippen LogP contribution is -2.20. The van der Waals surface area contributed by atoms with Crippen molar-refractivity contribution >= 4 is 11.6 Å². The van der Waals surface area contributed by atoms with Crippen LogP contribution in [-0.4, -0.2) is 24.5 Å². The van der Waals surface area contributed by atoms with Crippen LogP contribution in [0.1, 0.15) is 29.8 Å². The van der Waals surface area contributed by atoms with E-state index in [0.717, 1.165) is 35.0 Å². The second-order valence-electron chi connectivity index (χ2n) is 5.55. The third-order valence-corrected chi connectivity index (χ3v) is 4.25. The molecule has 1 N–H and O–H groups in total. The van der Waals surface area contributed by atoms with Gasteiger partial charge in [0.1, 0.15) is 12.4 Å². The second kappa shape index (κ2) is 5.39. The first kappa shape index (κ1) is 13.8. The summed E-state index contributed by atoms with van der Waals surface area (Å²) in [4.78, 5) is 4.34. The molecule has 0 bridgehead atoms. The highest BCUT2D eigenvalue weighted by Gasteiger charge is 2.26. The Labute approximate surface area is 134 Å². The third kappa shape index (κ3) is 2.23. The SMILES string of the molecule is CCn1ncc([C@@H]2C=C(c3ccccc3)Nc3ncnn32)c1C. The molecule has 2 aromatic heterocycles. The number of aromatic nitrogens is 5. The van der Waals surface area contributed by atoms with Gasteiger partial charge in [0, 0.05) is 23.5 Å². The molecule has 0 amide bonds. The molecule has 0 radical (unpaired) electrons. The van der Waals surface area contributed by atoms with Crippen molar-refractivity contribution < 1.29 is 0 Å². The molecular weight excluding hydrogens is 288 g/mol. The van der Waals surface area contributed by atoms with Crippen LogP contribution in [0, 0.1) is 6.92 Å². The van der Waals surface area contributed by atoms with E-state index < -0.39 is 0 Å². The maximum atomic E-state index is 4.47. The van der Waals surface area contributed by atoms with E-state index in [1.165, 1.54) is 0 Å². The van der Waals surface area contributed by atoms with Crippen LogP contribution in [0.4, 0.5) is 5.95 Å². The molecule has 4 rings (SSSR count). The maximum absolute atomic E-state index is 4.47. The van der Waals surface area contributed by atoms with Gasteiger partial charge >= 0.3 is 0 Å². The van der Waals surface area contributed by atoms with Gasteiger partial charge in [0.2, 0.25) is 5.95 Å². The van der Waals surface area contributed by atoms with E-state index in [4.69, 9.17) is 0 Å². The van der Waals surface area contributed by atoms with Crippen molar-refractivity contribution in [2.45, 2.75) is 26.4 Å². The molecule has 6 heteroatoms. The molecule has 0 saturated carbocycles. The molecule has 1 aliphatic rings. The number of hydrogen-bond acceptors (Lipinski definition) is 4. The predicted molar refractivity (Wildman–Crippen MR) is 88.8 cm³/mol. The van der Waals surface area contributed by atoms with Crippen LogP contribution in [0.2, 0.25) is 0 Å². The van der Waals surface area contributed by atoms with Crippen molar-refractivity contribution in [1.29, 1.82) is 0 Å². The van der Waals surface area contributed by atoms with Gasteiger partial charge in [-0.3, -0.25) is 4.68 Å². The van der Waals surface area contributed by atoms with Gasteiger partial charge in [0.15, 0.2) is 0 Å². The molecule has 1 aliphatic heterocycles. The van der Waals surface area contributed by atoms with Crippen LogP contribution in [0.25, 0.3) is 5.70 Å². The van der Waals surface area contributed by atoms with Crippen molar-refractivity contribution in [2.75, 3.05) is 5.32 Å². The number of hydrogen-bond donors (Lipinski definition) is 1. The van der Waals surface area contributed by atoms with Crippen LogP contribution < -0.4 is 5.32 Å². The lowest BCUT2D eigenvalue weighted by atomic mass is 10.0. The van der Waals surface area contributed by atoms with Gasteiger partial charge in [-0.05, 0) is 25.5 Å². The molecule has 1 aromatic carbocycles. The van der Waals surface area contributed by atoms with Gasteiger partial charge in [-0.1, -0.05) is 30.3 Å². The van der Waals surface area contributed by atoms with E-state index in [1.54, 1.807) is 6.33 Å². The van der Waals surface area contributed by atoms with Crippen molar-refractivity contribution in [3.63, 3.8) is 0 Å². The Morgan fingerprint density at radius 2 is 2.00 bits per heavy atom. The zero-order valence-electron chi connectivity index (χ0n) is 13.1. The fourth-order valence-electron chi connectivity index (χ4n) is 3.01. The van der Waals surface area contributed by atoms with Crippen molar-refractivity contribution in [1.82, 2.24) is 24.5 Å². The van der Waals surface area contributed by atoms with Crippen molar-refractivity contribution in [3.05, 3.63) is 65.8 Å². The van der Waals surface area contributed by atoms with Gasteiger partial charge in [0.25, 0.3) is 0 Å². The molecule has 0 saturated heterocycles. The quantitative estimate of drug-likeness (QED) is 0.808. The van der Waals surface area contributed by atoms with Gasteiger partial charge in [-0.25, -0.2) is 4.68 Å². The molecule has 3 aromatic rings. The Morgan fingerprint density at radius 3 is 2.74 bits per heavy atom. The first-order valence-electron chi connectivity index (χ1n) is 7.74. The fraction of sp³-hybridized carbons (Fsp3) is 0.235. The van der Waals surface area contributed by atoms with Crippen molar-refractivity contribution in [2.24, 2.45) is 0 Å². The lowest BCUT2D eigenvalue weighted by molar-refractivity contribution is 0.600. The first-order chi connectivity index (χ1) is 11.3. The summed E-state index contributed by atoms with van der Waals surface area (Å²) in [5, 5.41) is 12.2. The Bertz CT molecular complexity index is 858. The van der Waals surface area contributed by atoms with Crippen molar-refractivity contribution in [3.8, 4) is 0 Å². The predicted octanol–water partition coefficient (Wildman–Crippen LogP) is 2.86. The summed E-state index contributed by atoms with van der Waals surface area (Å²) in [5.41, 5.74) is 4.48. The summed E-state index contributed by atoms with van der Waals surface area (Å²) < 4.78 is 3.90. The average molecular weight is 306 g/mol. The Kier molecular flexibility index (Phi) is 3.22. The molecule has 23 heavy (non-hydrogen) atoms. The molecule has 0 spiro atoms. The van der Waals surface area contributed by atoms with E-state index in [-0.39, 0.29) is 6.04 Å². The molecular formula is C17H18N6. The highest BCUT2D eigenvalue weighted by atomic mass is 15.4. The second-order valence-corrected chi connectivity index (χ2v) is 5.55. The largest absolute Gasteiger partial charge is 0.324 e. The molecule has 0 fully saturated rings. The number of aryl methyl sites for hydroxylation is 1. The molecule has 0 unspecified atom stereocenters. The Hall–Kier alpha value is -2.89. The minimum Gasteiger partial charge on any atom is -0.324 e. The number of benzene rings is 1. The summed E-state index contributed by atoms with van der Waals surface area (Å²) in [7, 11) is 0. The Balaban J connectivity index is 1.83. The summed E-state index contributed by atoms with van der Waals surface area (Å²) in [6, 6.07) is 10.2. The number of allylic oxidation sites excluding steroid dienone is 1. The number of anilines is 1. The van der Waals surface area contributed by atoms with E-state index in [9.17, 15) is 0 Å². The number of fused-ring (bicyclic) bond motifs is 1. The lowest BCUT2D eigenvalue weighted by Gasteiger charge is -2.24. The van der Waals surface area contributed by atoms with Crippen LogP contribution in [0.15, 0.2) is 48.9 Å². The topological polar surface area (TPSA) is 60.6 Å². The highest BCUT2D eigenvalue weighted by Crippen LogP contribution is 2.32. The van der Waals surface area contributed by atoms with Crippen LogP contribution in [-0.2, 0) is 6.54 Å². The molecule has 0 aliphatic carbocycles. The normalized spacial score (nSPS) is 16.6. The van der Waals surface area contributed by atoms with E-state index >= 15 is 0 Å². The smallest absolute Gasteiger partial charge is 0.226 e. The molecule has 6 nitrogen and oxygen atoms in total. The van der Waals surface area contributed by atoms with E-state index in [0.29, 0.717) is 0 Å². The van der Waals surface area contributed by atoms with Crippen LogP contribution in [0.5, 0.6) is 0 Å². The van der Waals surface area contributed by atoms with Gasteiger partial charge < -0.3 is 5.32 Å². The third-order valence-electron chi connectivity index (χ3n) is 4.25. The molecule has 1 atom stereocenters. The van der Waals surface area contributed by atoms with Crippen LogP contribution in [0.3, 0.4) is 0 Å². The zero-order valence-corrected chi connectivity index (χ0v) is 13.1. The molecule has 3 heterocycles. The maximum Gasteiger partial charge on any atom is 0.226 e. The monoisotopic (exact) mass is 306 g/mol. The molecule has 116 valence electrons. The summed E-state index contributed by atoms with van der Waals surface area (Å²) >= 11 is 0. The number of rotatable bonds is 3. The Morgan fingerprint density at radius 1 is 1.17 bits per heavy atom. The first-order valence-corrected chi connectivity index (χ1v) is 7.74. The van der Waals surface area contributed by atoms with Gasteiger partial charge in [-0.2, -0.15) is 15.2 Å². The minimum atomic E-state index is -0.00995. The standard InChI is InChI=1S/C17H18N6/c1-3-22-12(2)14(10-19-22)16-9-15(13-7-5-4-6-8-13)21-17-18-11-20-23(16)17/h4-11,16H,3H2,1-2H3,(H,18,20,21)/t16-/m0/s1. The van der Waals surface area contributed by atoms with E-state index in [2.05, 4.69) is 52.6 Å². The number of nitrogens with zero attached hydrogens (tertiary/aromatic N) is 5. The number of nitrogens with one attached hydrogen (secondary N) is 1.